The number of aryl methyl sites for hydroxylation is 1. The van der Waals surface area contributed by atoms with Gasteiger partial charge in [-0.2, -0.15) is 0 Å². The van der Waals surface area contributed by atoms with Gasteiger partial charge in [-0.05, 0) is 19.4 Å². The van der Waals surface area contributed by atoms with E-state index in [0.717, 1.165) is 24.1 Å². The lowest BCUT2D eigenvalue weighted by Gasteiger charge is -2.03. The zero-order chi connectivity index (χ0) is 12.1. The molecule has 2 aromatic rings. The molecule has 0 unspecified atom stereocenters. The first-order valence-corrected chi connectivity index (χ1v) is 5.65. The molecule has 0 radical (unpaired) electrons. The predicted molar refractivity (Wildman–Crippen MR) is 67.7 cm³/mol. The lowest BCUT2D eigenvalue weighted by molar-refractivity contribution is 0.804. The molecule has 4 nitrogen and oxygen atoms in total. The Morgan fingerprint density at radius 1 is 1.24 bits per heavy atom. The van der Waals surface area contributed by atoms with Gasteiger partial charge < -0.3 is 10.7 Å². The molecule has 3 N–H and O–H groups in total. The van der Waals surface area contributed by atoms with Gasteiger partial charge in [0.05, 0.1) is 0 Å². The maximum atomic E-state index is 11.5. The van der Waals surface area contributed by atoms with E-state index in [4.69, 9.17) is 5.73 Å². The van der Waals surface area contributed by atoms with Crippen molar-refractivity contribution in [2.24, 2.45) is 5.73 Å². The van der Waals surface area contributed by atoms with Crippen LogP contribution in [0.25, 0.3) is 11.4 Å². The van der Waals surface area contributed by atoms with E-state index in [1.807, 2.05) is 30.3 Å². The summed E-state index contributed by atoms with van der Waals surface area (Å²) in [4.78, 5) is 18.7. The lowest BCUT2D eigenvalue weighted by Crippen LogP contribution is -2.11. The Hall–Kier alpha value is -1.94. The van der Waals surface area contributed by atoms with Gasteiger partial charge in [0.2, 0.25) is 0 Å². The van der Waals surface area contributed by atoms with Crippen LogP contribution in [0.15, 0.2) is 41.2 Å². The van der Waals surface area contributed by atoms with Gasteiger partial charge in [-0.3, -0.25) is 4.79 Å². The summed E-state index contributed by atoms with van der Waals surface area (Å²) in [5.74, 6) is 0.616. The van der Waals surface area contributed by atoms with Crippen LogP contribution in [-0.2, 0) is 6.42 Å². The number of hydrogen-bond acceptors (Lipinski definition) is 3. The van der Waals surface area contributed by atoms with E-state index in [9.17, 15) is 4.79 Å². The largest absolute Gasteiger partial charge is 0.330 e. The molecule has 0 fully saturated rings. The lowest BCUT2D eigenvalue weighted by atomic mass is 10.2. The highest BCUT2D eigenvalue weighted by Gasteiger charge is 2.03. The number of nitrogens with two attached hydrogens (primary N) is 1. The fourth-order valence-corrected chi connectivity index (χ4v) is 1.65. The summed E-state index contributed by atoms with van der Waals surface area (Å²) in [5, 5.41) is 0. The van der Waals surface area contributed by atoms with Crippen molar-refractivity contribution in [3.8, 4) is 11.4 Å². The van der Waals surface area contributed by atoms with Crippen LogP contribution >= 0.6 is 0 Å². The van der Waals surface area contributed by atoms with E-state index in [2.05, 4.69) is 9.97 Å². The summed E-state index contributed by atoms with van der Waals surface area (Å²) in [6.45, 7) is 0.606. The molecule has 1 heterocycles. The molecule has 0 aliphatic carbocycles. The van der Waals surface area contributed by atoms with Crippen molar-refractivity contribution in [1.29, 1.82) is 0 Å². The minimum atomic E-state index is -0.120. The average Bonchev–Trinajstić information content (AvgIpc) is 2.37. The zero-order valence-electron chi connectivity index (χ0n) is 9.52. The van der Waals surface area contributed by atoms with Gasteiger partial charge in [-0.25, -0.2) is 4.98 Å². The molecule has 0 saturated heterocycles. The molecule has 0 amide bonds. The summed E-state index contributed by atoms with van der Waals surface area (Å²) in [7, 11) is 0. The summed E-state index contributed by atoms with van der Waals surface area (Å²) >= 11 is 0. The maximum Gasteiger partial charge on any atom is 0.251 e. The first-order chi connectivity index (χ1) is 8.29. The highest BCUT2D eigenvalue weighted by Crippen LogP contribution is 2.12. The number of hydrogen-bond donors (Lipinski definition) is 2. The van der Waals surface area contributed by atoms with E-state index in [0.29, 0.717) is 12.4 Å². The van der Waals surface area contributed by atoms with Crippen molar-refractivity contribution in [3.05, 3.63) is 52.4 Å². The van der Waals surface area contributed by atoms with Crippen molar-refractivity contribution < 1.29 is 0 Å². The SMILES string of the molecule is NCCCc1cc(=O)[nH]c(-c2ccccc2)n1. The summed E-state index contributed by atoms with van der Waals surface area (Å²) in [6, 6.07) is 11.1. The molecule has 0 bridgehead atoms. The van der Waals surface area contributed by atoms with E-state index >= 15 is 0 Å². The van der Waals surface area contributed by atoms with Gasteiger partial charge in [0.15, 0.2) is 0 Å². The molecule has 2 rings (SSSR count). The van der Waals surface area contributed by atoms with E-state index in [-0.39, 0.29) is 5.56 Å². The maximum absolute atomic E-state index is 11.5. The smallest absolute Gasteiger partial charge is 0.251 e. The van der Waals surface area contributed by atoms with Crippen molar-refractivity contribution >= 4 is 0 Å². The molecular weight excluding hydrogens is 214 g/mol. The van der Waals surface area contributed by atoms with Gasteiger partial charge in [-0.15, -0.1) is 0 Å². The third kappa shape index (κ3) is 3.01. The summed E-state index contributed by atoms with van der Waals surface area (Å²) in [6.07, 6.45) is 1.57. The Morgan fingerprint density at radius 2 is 2.00 bits per heavy atom. The molecule has 0 aliphatic heterocycles. The Bertz CT molecular complexity index is 534. The van der Waals surface area contributed by atoms with Gasteiger partial charge in [0.25, 0.3) is 5.56 Å². The third-order valence-corrected chi connectivity index (χ3v) is 2.48. The van der Waals surface area contributed by atoms with E-state index < -0.39 is 0 Å². The van der Waals surface area contributed by atoms with Crippen LogP contribution in [0.2, 0.25) is 0 Å². The number of H-pyrrole nitrogens is 1. The number of benzene rings is 1. The molecule has 0 aliphatic rings. The van der Waals surface area contributed by atoms with Crippen LogP contribution in [0.3, 0.4) is 0 Å². The summed E-state index contributed by atoms with van der Waals surface area (Å²) < 4.78 is 0. The van der Waals surface area contributed by atoms with Crippen LogP contribution in [0, 0.1) is 0 Å². The van der Waals surface area contributed by atoms with Crippen molar-refractivity contribution in [2.75, 3.05) is 6.54 Å². The highest BCUT2D eigenvalue weighted by atomic mass is 16.1. The Kier molecular flexibility index (Phi) is 3.67. The number of aromatic amines is 1. The van der Waals surface area contributed by atoms with E-state index in [1.54, 1.807) is 0 Å². The minimum Gasteiger partial charge on any atom is -0.330 e. The number of nitrogens with one attached hydrogen (secondary N) is 1. The second-order valence-electron chi connectivity index (χ2n) is 3.84. The molecule has 0 spiro atoms. The summed E-state index contributed by atoms with van der Waals surface area (Å²) in [5.41, 5.74) is 7.04. The fourth-order valence-electron chi connectivity index (χ4n) is 1.65. The molecule has 0 atom stereocenters. The number of rotatable bonds is 4. The van der Waals surface area contributed by atoms with Gasteiger partial charge >= 0.3 is 0 Å². The van der Waals surface area contributed by atoms with Gasteiger partial charge in [-0.1, -0.05) is 30.3 Å². The first-order valence-electron chi connectivity index (χ1n) is 5.65. The molecule has 17 heavy (non-hydrogen) atoms. The molecule has 4 heteroatoms. The number of nitrogens with zero attached hydrogens (tertiary/aromatic N) is 1. The minimum absolute atomic E-state index is 0.120. The Balaban J connectivity index is 2.35. The molecule has 1 aromatic heterocycles. The van der Waals surface area contributed by atoms with Gasteiger partial charge in [0.1, 0.15) is 5.82 Å². The third-order valence-electron chi connectivity index (χ3n) is 2.48. The monoisotopic (exact) mass is 229 g/mol. The topological polar surface area (TPSA) is 71.8 Å². The normalized spacial score (nSPS) is 10.4. The molecule has 88 valence electrons. The Labute approximate surface area is 99.5 Å². The predicted octanol–water partition coefficient (Wildman–Crippen LogP) is 1.33. The van der Waals surface area contributed by atoms with Crippen LogP contribution in [0.4, 0.5) is 0 Å². The molecule has 0 saturated carbocycles. The van der Waals surface area contributed by atoms with Crippen LogP contribution < -0.4 is 11.3 Å². The average molecular weight is 229 g/mol. The van der Waals surface area contributed by atoms with Crippen molar-refractivity contribution in [3.63, 3.8) is 0 Å². The van der Waals surface area contributed by atoms with E-state index in [1.165, 1.54) is 6.07 Å². The quantitative estimate of drug-likeness (QED) is 0.830. The molecular formula is C13H15N3O. The van der Waals surface area contributed by atoms with Crippen molar-refractivity contribution in [2.45, 2.75) is 12.8 Å². The molecule has 1 aromatic carbocycles. The second-order valence-corrected chi connectivity index (χ2v) is 3.84. The number of aromatic nitrogens is 2. The Morgan fingerprint density at radius 3 is 2.71 bits per heavy atom. The van der Waals surface area contributed by atoms with Crippen LogP contribution in [0.1, 0.15) is 12.1 Å². The van der Waals surface area contributed by atoms with Crippen molar-refractivity contribution in [1.82, 2.24) is 9.97 Å². The van der Waals surface area contributed by atoms with Crippen LogP contribution in [0.5, 0.6) is 0 Å². The van der Waals surface area contributed by atoms with Crippen LogP contribution in [-0.4, -0.2) is 16.5 Å². The first kappa shape index (κ1) is 11.5. The second kappa shape index (κ2) is 5.41. The standard InChI is InChI=1S/C13H15N3O/c14-8-4-7-11-9-12(17)16-13(15-11)10-5-2-1-3-6-10/h1-3,5-6,9H,4,7-8,14H2,(H,15,16,17). The highest BCUT2D eigenvalue weighted by molar-refractivity contribution is 5.54. The fraction of sp³-hybridized carbons (Fsp3) is 0.231. The zero-order valence-corrected chi connectivity index (χ0v) is 9.52. The van der Waals surface area contributed by atoms with Gasteiger partial charge in [0, 0.05) is 17.3 Å².